The average molecular weight is 124 g/mol. The molecule has 1 nitrogen and oxygen atoms in total. The van der Waals surface area contributed by atoms with Crippen molar-refractivity contribution in [3.63, 3.8) is 0 Å². The SMILES string of the molecule is CC1(CC=O)CC=CC1. The number of rotatable bonds is 2. The van der Waals surface area contributed by atoms with Crippen LogP contribution in [0, 0.1) is 5.41 Å². The molecule has 0 aliphatic heterocycles. The lowest BCUT2D eigenvalue weighted by atomic mass is 9.85. The minimum atomic E-state index is 0.266. The maximum Gasteiger partial charge on any atom is 0.120 e. The number of allylic oxidation sites excluding steroid dienone is 2. The first-order valence-corrected chi connectivity index (χ1v) is 3.35. The van der Waals surface area contributed by atoms with Gasteiger partial charge in [-0.2, -0.15) is 0 Å². The van der Waals surface area contributed by atoms with Gasteiger partial charge in [0.1, 0.15) is 6.29 Å². The number of carbonyl (C=O) groups excluding carboxylic acids is 1. The van der Waals surface area contributed by atoms with Crippen LogP contribution in [0.2, 0.25) is 0 Å². The zero-order chi connectivity index (χ0) is 6.74. The van der Waals surface area contributed by atoms with Gasteiger partial charge in [0.05, 0.1) is 0 Å². The van der Waals surface area contributed by atoms with Crippen LogP contribution in [0.4, 0.5) is 0 Å². The van der Waals surface area contributed by atoms with Crippen molar-refractivity contribution in [1.29, 1.82) is 0 Å². The lowest BCUT2D eigenvalue weighted by Crippen LogP contribution is -2.11. The summed E-state index contributed by atoms with van der Waals surface area (Å²) in [6, 6.07) is 0. The van der Waals surface area contributed by atoms with Crippen molar-refractivity contribution >= 4 is 6.29 Å². The van der Waals surface area contributed by atoms with Gasteiger partial charge in [-0.1, -0.05) is 19.1 Å². The van der Waals surface area contributed by atoms with E-state index in [2.05, 4.69) is 19.1 Å². The number of hydrogen-bond donors (Lipinski definition) is 0. The number of hydrogen-bond acceptors (Lipinski definition) is 1. The molecule has 0 aromatic rings. The molecule has 9 heavy (non-hydrogen) atoms. The molecule has 0 saturated heterocycles. The largest absolute Gasteiger partial charge is 0.303 e. The summed E-state index contributed by atoms with van der Waals surface area (Å²) < 4.78 is 0. The van der Waals surface area contributed by atoms with E-state index in [9.17, 15) is 4.79 Å². The normalized spacial score (nSPS) is 22.3. The maximum absolute atomic E-state index is 10.1. The second kappa shape index (κ2) is 2.34. The first-order chi connectivity index (χ1) is 4.27. The van der Waals surface area contributed by atoms with E-state index in [4.69, 9.17) is 0 Å². The van der Waals surface area contributed by atoms with Gasteiger partial charge in [0.15, 0.2) is 0 Å². The Hall–Kier alpha value is -0.590. The summed E-state index contributed by atoms with van der Waals surface area (Å²) in [5, 5.41) is 0. The number of aldehydes is 1. The van der Waals surface area contributed by atoms with Crippen molar-refractivity contribution in [3.05, 3.63) is 12.2 Å². The topological polar surface area (TPSA) is 17.1 Å². The molecule has 0 bridgehead atoms. The van der Waals surface area contributed by atoms with E-state index in [1.165, 1.54) is 0 Å². The molecule has 0 aromatic heterocycles. The molecule has 0 radical (unpaired) electrons. The Balaban J connectivity index is 2.44. The fraction of sp³-hybridized carbons (Fsp3) is 0.625. The molecule has 0 aromatic carbocycles. The van der Waals surface area contributed by atoms with Crippen molar-refractivity contribution in [1.82, 2.24) is 0 Å². The summed E-state index contributed by atoms with van der Waals surface area (Å²) in [6.07, 6.45) is 8.19. The Bertz CT molecular complexity index is 128. The van der Waals surface area contributed by atoms with E-state index in [0.717, 1.165) is 19.1 Å². The highest BCUT2D eigenvalue weighted by Crippen LogP contribution is 2.34. The lowest BCUT2D eigenvalue weighted by molar-refractivity contribution is -0.109. The van der Waals surface area contributed by atoms with Crippen molar-refractivity contribution in [2.45, 2.75) is 26.2 Å². The Kier molecular flexibility index (Phi) is 1.70. The second-order valence-electron chi connectivity index (χ2n) is 3.06. The Morgan fingerprint density at radius 1 is 1.56 bits per heavy atom. The first kappa shape index (κ1) is 6.53. The van der Waals surface area contributed by atoms with Crippen molar-refractivity contribution in [2.24, 2.45) is 5.41 Å². The van der Waals surface area contributed by atoms with E-state index in [0.29, 0.717) is 6.42 Å². The first-order valence-electron chi connectivity index (χ1n) is 3.35. The van der Waals surface area contributed by atoms with Crippen LogP contribution >= 0.6 is 0 Å². The quantitative estimate of drug-likeness (QED) is 0.406. The molecule has 0 unspecified atom stereocenters. The van der Waals surface area contributed by atoms with Crippen LogP contribution in [0.1, 0.15) is 26.2 Å². The summed E-state index contributed by atoms with van der Waals surface area (Å²) in [7, 11) is 0. The lowest BCUT2D eigenvalue weighted by Gasteiger charge is -2.18. The molecule has 0 heterocycles. The number of carbonyl (C=O) groups is 1. The summed E-state index contributed by atoms with van der Waals surface area (Å²) in [5.74, 6) is 0. The van der Waals surface area contributed by atoms with E-state index in [1.807, 2.05) is 0 Å². The van der Waals surface area contributed by atoms with Gasteiger partial charge in [-0.05, 0) is 18.3 Å². The van der Waals surface area contributed by atoms with Crippen LogP contribution in [0.3, 0.4) is 0 Å². The van der Waals surface area contributed by atoms with Gasteiger partial charge in [0.2, 0.25) is 0 Å². The zero-order valence-corrected chi connectivity index (χ0v) is 5.76. The van der Waals surface area contributed by atoms with Crippen LogP contribution in [-0.2, 0) is 4.79 Å². The third kappa shape index (κ3) is 1.41. The molecular formula is C8H12O. The molecule has 1 rings (SSSR count). The minimum absolute atomic E-state index is 0.266. The molecule has 1 aliphatic rings. The Labute approximate surface area is 55.8 Å². The van der Waals surface area contributed by atoms with E-state index >= 15 is 0 Å². The standard InChI is InChI=1S/C8H12O/c1-8(6-7-9)4-2-3-5-8/h2-3,7H,4-6H2,1H3. The molecule has 0 saturated carbocycles. The Morgan fingerprint density at radius 3 is 2.56 bits per heavy atom. The molecule has 50 valence electrons. The van der Waals surface area contributed by atoms with Crippen molar-refractivity contribution in [3.8, 4) is 0 Å². The van der Waals surface area contributed by atoms with Gasteiger partial charge in [-0.25, -0.2) is 0 Å². The van der Waals surface area contributed by atoms with Crippen LogP contribution in [0.5, 0.6) is 0 Å². The average Bonchev–Trinajstić information content (AvgIpc) is 2.16. The van der Waals surface area contributed by atoms with E-state index < -0.39 is 0 Å². The van der Waals surface area contributed by atoms with Gasteiger partial charge in [0, 0.05) is 6.42 Å². The zero-order valence-electron chi connectivity index (χ0n) is 5.76. The van der Waals surface area contributed by atoms with Gasteiger partial charge in [0.25, 0.3) is 0 Å². The maximum atomic E-state index is 10.1. The highest BCUT2D eigenvalue weighted by molar-refractivity contribution is 5.51. The van der Waals surface area contributed by atoms with Crippen molar-refractivity contribution in [2.75, 3.05) is 0 Å². The summed E-state index contributed by atoms with van der Waals surface area (Å²) in [4.78, 5) is 10.1. The summed E-state index contributed by atoms with van der Waals surface area (Å²) >= 11 is 0. The summed E-state index contributed by atoms with van der Waals surface area (Å²) in [6.45, 7) is 2.15. The highest BCUT2D eigenvalue weighted by atomic mass is 16.1. The molecule has 0 N–H and O–H groups in total. The predicted octanol–water partition coefficient (Wildman–Crippen LogP) is 1.93. The fourth-order valence-electron chi connectivity index (χ4n) is 1.19. The Morgan fingerprint density at radius 2 is 2.11 bits per heavy atom. The monoisotopic (exact) mass is 124 g/mol. The third-order valence-corrected chi connectivity index (χ3v) is 1.96. The van der Waals surface area contributed by atoms with Crippen LogP contribution in [-0.4, -0.2) is 6.29 Å². The van der Waals surface area contributed by atoms with E-state index in [-0.39, 0.29) is 5.41 Å². The van der Waals surface area contributed by atoms with Crippen LogP contribution in [0.15, 0.2) is 12.2 Å². The van der Waals surface area contributed by atoms with Gasteiger partial charge in [-0.3, -0.25) is 0 Å². The summed E-state index contributed by atoms with van der Waals surface area (Å²) in [5.41, 5.74) is 0.266. The smallest absolute Gasteiger partial charge is 0.120 e. The molecule has 1 heteroatoms. The molecule has 0 atom stereocenters. The van der Waals surface area contributed by atoms with Gasteiger partial charge < -0.3 is 4.79 Å². The predicted molar refractivity (Wildman–Crippen MR) is 37.2 cm³/mol. The molecule has 0 spiro atoms. The molecule has 1 aliphatic carbocycles. The molecule has 0 amide bonds. The van der Waals surface area contributed by atoms with Gasteiger partial charge in [-0.15, -0.1) is 0 Å². The van der Waals surface area contributed by atoms with Gasteiger partial charge >= 0.3 is 0 Å². The van der Waals surface area contributed by atoms with Crippen LogP contribution < -0.4 is 0 Å². The fourth-order valence-corrected chi connectivity index (χ4v) is 1.19. The molecular weight excluding hydrogens is 112 g/mol. The second-order valence-corrected chi connectivity index (χ2v) is 3.06. The van der Waals surface area contributed by atoms with Crippen LogP contribution in [0.25, 0.3) is 0 Å². The van der Waals surface area contributed by atoms with Crippen molar-refractivity contribution < 1.29 is 4.79 Å². The van der Waals surface area contributed by atoms with E-state index in [1.54, 1.807) is 0 Å². The highest BCUT2D eigenvalue weighted by Gasteiger charge is 2.23. The minimum Gasteiger partial charge on any atom is -0.303 e. The third-order valence-electron chi connectivity index (χ3n) is 1.96. The molecule has 0 fully saturated rings.